The van der Waals surface area contributed by atoms with Gasteiger partial charge in [-0.15, -0.1) is 0 Å². The van der Waals surface area contributed by atoms with E-state index in [1.807, 2.05) is 18.2 Å². The molecule has 2 nitrogen and oxygen atoms in total. The number of rotatable bonds is 3. The minimum Gasteiger partial charge on any atom is -0.389 e. The molecule has 2 rings (SSSR count). The van der Waals surface area contributed by atoms with Gasteiger partial charge in [0.2, 0.25) is 0 Å². The molecule has 1 atom stereocenters. The van der Waals surface area contributed by atoms with E-state index in [1.165, 1.54) is 16.8 Å². The number of hydrogen-bond acceptors (Lipinski definition) is 2. The number of aryl methyl sites for hydroxylation is 2. The van der Waals surface area contributed by atoms with Gasteiger partial charge in [-0.3, -0.25) is 0 Å². The zero-order chi connectivity index (χ0) is 14.9. The third-order valence-corrected chi connectivity index (χ3v) is 4.22. The lowest BCUT2D eigenvalue weighted by atomic mass is 10.1. The van der Waals surface area contributed by atoms with E-state index in [2.05, 4.69) is 59.9 Å². The molecule has 0 spiro atoms. The van der Waals surface area contributed by atoms with Gasteiger partial charge in [0, 0.05) is 22.9 Å². The molecule has 0 aliphatic carbocycles. The van der Waals surface area contributed by atoms with Gasteiger partial charge in [-0.05, 0) is 50.1 Å². The second-order valence-electron chi connectivity index (χ2n) is 5.23. The average molecular weight is 334 g/mol. The van der Waals surface area contributed by atoms with Crippen LogP contribution in [0.1, 0.15) is 29.7 Å². The van der Waals surface area contributed by atoms with Crippen LogP contribution in [0.4, 0.5) is 11.4 Å². The first kappa shape index (κ1) is 15.1. The van der Waals surface area contributed by atoms with Crippen LogP contribution < -0.4 is 4.90 Å². The summed E-state index contributed by atoms with van der Waals surface area (Å²) in [4.78, 5) is 2.16. The Kier molecular flexibility index (Phi) is 4.51. The highest BCUT2D eigenvalue weighted by Crippen LogP contribution is 2.32. The zero-order valence-corrected chi connectivity index (χ0v) is 13.9. The summed E-state index contributed by atoms with van der Waals surface area (Å²) in [5.41, 5.74) is 5.71. The average Bonchev–Trinajstić information content (AvgIpc) is 2.37. The predicted molar refractivity (Wildman–Crippen MR) is 88.8 cm³/mol. The molecule has 1 unspecified atom stereocenters. The van der Waals surface area contributed by atoms with Gasteiger partial charge in [0.05, 0.1) is 6.10 Å². The van der Waals surface area contributed by atoms with Gasteiger partial charge in [-0.2, -0.15) is 0 Å². The summed E-state index contributed by atoms with van der Waals surface area (Å²) < 4.78 is 0.932. The quantitative estimate of drug-likeness (QED) is 0.864. The number of benzene rings is 2. The molecule has 20 heavy (non-hydrogen) atoms. The van der Waals surface area contributed by atoms with Crippen LogP contribution in [-0.2, 0) is 0 Å². The Morgan fingerprint density at radius 1 is 1.10 bits per heavy atom. The lowest BCUT2D eigenvalue weighted by Crippen LogP contribution is -2.11. The molecule has 1 N–H and O–H groups in total. The van der Waals surface area contributed by atoms with Crippen molar-refractivity contribution in [2.24, 2.45) is 0 Å². The molecule has 106 valence electrons. The molecule has 0 saturated heterocycles. The summed E-state index contributed by atoms with van der Waals surface area (Å²) in [5, 5.41) is 9.68. The second kappa shape index (κ2) is 5.98. The van der Waals surface area contributed by atoms with Gasteiger partial charge in [0.15, 0.2) is 0 Å². The Balaban J connectivity index is 2.38. The van der Waals surface area contributed by atoms with Gasteiger partial charge in [-0.1, -0.05) is 39.7 Å². The summed E-state index contributed by atoms with van der Waals surface area (Å²) in [6.07, 6.45) is -0.468. The molecule has 0 aromatic heterocycles. The van der Waals surface area contributed by atoms with Gasteiger partial charge in [0.1, 0.15) is 0 Å². The third kappa shape index (κ3) is 3.05. The highest BCUT2D eigenvalue weighted by atomic mass is 79.9. The highest BCUT2D eigenvalue weighted by molar-refractivity contribution is 9.10. The maximum atomic E-state index is 9.68. The minimum absolute atomic E-state index is 0.468. The number of anilines is 2. The Hall–Kier alpha value is -1.32. The van der Waals surface area contributed by atoms with E-state index in [0.717, 1.165) is 15.7 Å². The van der Waals surface area contributed by atoms with Crippen LogP contribution in [0.15, 0.2) is 40.9 Å². The van der Waals surface area contributed by atoms with Crippen molar-refractivity contribution in [1.29, 1.82) is 0 Å². The SMILES string of the molecule is Cc1ccc(N(C)c2ccc(C(C)O)c(Br)c2)c(C)c1. The molecular weight excluding hydrogens is 314 g/mol. The standard InChI is InChI=1S/C17H20BrNO/c1-11-5-8-17(12(2)9-11)19(4)14-6-7-15(13(3)20)16(18)10-14/h5-10,13,20H,1-4H3. The van der Waals surface area contributed by atoms with Crippen molar-refractivity contribution in [1.82, 2.24) is 0 Å². The summed E-state index contributed by atoms with van der Waals surface area (Å²) in [5.74, 6) is 0. The molecule has 2 aromatic carbocycles. The summed E-state index contributed by atoms with van der Waals surface area (Å²) in [6, 6.07) is 12.5. The molecule has 0 amide bonds. The van der Waals surface area contributed by atoms with Gasteiger partial charge < -0.3 is 10.0 Å². The molecule has 0 heterocycles. The fraction of sp³-hybridized carbons (Fsp3) is 0.294. The van der Waals surface area contributed by atoms with Crippen molar-refractivity contribution in [2.75, 3.05) is 11.9 Å². The van der Waals surface area contributed by atoms with E-state index >= 15 is 0 Å². The molecule has 0 aliphatic rings. The molecular formula is C17H20BrNO. The van der Waals surface area contributed by atoms with E-state index in [4.69, 9.17) is 0 Å². The Morgan fingerprint density at radius 2 is 1.80 bits per heavy atom. The normalized spacial score (nSPS) is 12.3. The van der Waals surface area contributed by atoms with E-state index in [1.54, 1.807) is 6.92 Å². The predicted octanol–water partition coefficient (Wildman–Crippen LogP) is 4.89. The number of hydrogen-bond donors (Lipinski definition) is 1. The third-order valence-electron chi connectivity index (χ3n) is 3.54. The van der Waals surface area contributed by atoms with Crippen molar-refractivity contribution in [3.63, 3.8) is 0 Å². The highest BCUT2D eigenvalue weighted by Gasteiger charge is 2.11. The fourth-order valence-electron chi connectivity index (χ4n) is 2.38. The van der Waals surface area contributed by atoms with Gasteiger partial charge in [0.25, 0.3) is 0 Å². The van der Waals surface area contributed by atoms with Crippen LogP contribution >= 0.6 is 15.9 Å². The van der Waals surface area contributed by atoms with E-state index in [0.29, 0.717) is 0 Å². The van der Waals surface area contributed by atoms with E-state index < -0.39 is 6.10 Å². The zero-order valence-electron chi connectivity index (χ0n) is 12.3. The van der Waals surface area contributed by atoms with Gasteiger partial charge in [-0.25, -0.2) is 0 Å². The summed E-state index contributed by atoms with van der Waals surface area (Å²) in [7, 11) is 2.06. The smallest absolute Gasteiger partial charge is 0.0772 e. The lowest BCUT2D eigenvalue weighted by Gasteiger charge is -2.23. The van der Waals surface area contributed by atoms with Crippen LogP contribution in [-0.4, -0.2) is 12.2 Å². The maximum absolute atomic E-state index is 9.68. The molecule has 3 heteroatoms. The van der Waals surface area contributed by atoms with Crippen LogP contribution in [0.5, 0.6) is 0 Å². The molecule has 2 aromatic rings. The lowest BCUT2D eigenvalue weighted by molar-refractivity contribution is 0.198. The molecule has 0 fully saturated rings. The Labute approximate surface area is 129 Å². The van der Waals surface area contributed by atoms with Crippen LogP contribution in [0.25, 0.3) is 0 Å². The molecule has 0 saturated carbocycles. The monoisotopic (exact) mass is 333 g/mol. The second-order valence-corrected chi connectivity index (χ2v) is 6.09. The van der Waals surface area contributed by atoms with Crippen molar-refractivity contribution >= 4 is 27.3 Å². The first-order chi connectivity index (χ1) is 9.40. The van der Waals surface area contributed by atoms with Gasteiger partial charge >= 0.3 is 0 Å². The minimum atomic E-state index is -0.468. The number of aliphatic hydroxyl groups is 1. The fourth-order valence-corrected chi connectivity index (χ4v) is 3.08. The molecule has 0 radical (unpaired) electrons. The largest absolute Gasteiger partial charge is 0.389 e. The molecule has 0 bridgehead atoms. The Morgan fingerprint density at radius 3 is 2.35 bits per heavy atom. The first-order valence-electron chi connectivity index (χ1n) is 6.68. The van der Waals surface area contributed by atoms with Crippen molar-refractivity contribution < 1.29 is 5.11 Å². The van der Waals surface area contributed by atoms with E-state index in [9.17, 15) is 5.11 Å². The topological polar surface area (TPSA) is 23.5 Å². The van der Waals surface area contributed by atoms with Crippen molar-refractivity contribution in [3.8, 4) is 0 Å². The van der Waals surface area contributed by atoms with Crippen LogP contribution in [0, 0.1) is 13.8 Å². The molecule has 0 aliphatic heterocycles. The number of halogens is 1. The van der Waals surface area contributed by atoms with Crippen molar-refractivity contribution in [2.45, 2.75) is 26.9 Å². The first-order valence-corrected chi connectivity index (χ1v) is 7.48. The summed E-state index contributed by atoms with van der Waals surface area (Å²) >= 11 is 3.53. The van der Waals surface area contributed by atoms with Crippen molar-refractivity contribution in [3.05, 3.63) is 57.6 Å². The summed E-state index contributed by atoms with van der Waals surface area (Å²) in [6.45, 7) is 6.00. The number of nitrogens with zero attached hydrogens (tertiary/aromatic N) is 1. The van der Waals surface area contributed by atoms with E-state index in [-0.39, 0.29) is 0 Å². The van der Waals surface area contributed by atoms with Crippen LogP contribution in [0.2, 0.25) is 0 Å². The maximum Gasteiger partial charge on any atom is 0.0772 e. The van der Waals surface area contributed by atoms with Crippen LogP contribution in [0.3, 0.4) is 0 Å². The Bertz CT molecular complexity index is 622. The number of aliphatic hydroxyl groups excluding tert-OH is 1.